The molecule has 1 aromatic carbocycles. The Balaban J connectivity index is 2.49. The summed E-state index contributed by atoms with van der Waals surface area (Å²) in [6, 6.07) is 7.93. The molecule has 1 unspecified atom stereocenters. The van der Waals surface area contributed by atoms with Crippen molar-refractivity contribution in [1.29, 1.82) is 5.26 Å². The normalized spacial score (nSPS) is 19.8. The van der Waals surface area contributed by atoms with Crippen LogP contribution < -0.4 is 5.32 Å². The minimum Gasteiger partial charge on any atom is -0.385 e. The molecule has 0 spiro atoms. The van der Waals surface area contributed by atoms with Gasteiger partial charge in [-0.2, -0.15) is 5.26 Å². The minimum absolute atomic E-state index is 0.00468. The molecule has 1 aliphatic heterocycles. The molecule has 2 rings (SSSR count). The third kappa shape index (κ3) is 1.48. The van der Waals surface area contributed by atoms with Crippen LogP contribution in [-0.2, 0) is 0 Å². The van der Waals surface area contributed by atoms with Crippen molar-refractivity contribution in [2.75, 3.05) is 11.9 Å². The van der Waals surface area contributed by atoms with E-state index in [4.69, 9.17) is 16.9 Å². The molecule has 0 fully saturated rings. The summed E-state index contributed by atoms with van der Waals surface area (Å²) in [7, 11) is 0. The van der Waals surface area contributed by atoms with Crippen LogP contribution in [-0.4, -0.2) is 6.54 Å². The number of benzene rings is 1. The average molecular weight is 193 g/mol. The van der Waals surface area contributed by atoms with Crippen molar-refractivity contribution in [3.05, 3.63) is 28.8 Å². The molecule has 1 aliphatic rings. The highest BCUT2D eigenvalue weighted by Crippen LogP contribution is 2.32. The number of hydrogen-bond donors (Lipinski definition) is 1. The summed E-state index contributed by atoms with van der Waals surface area (Å²) in [4.78, 5) is 0. The summed E-state index contributed by atoms with van der Waals surface area (Å²) in [6.45, 7) is 0.868. The molecule has 1 atom stereocenters. The molecule has 2 nitrogen and oxygen atoms in total. The predicted molar refractivity (Wildman–Crippen MR) is 52.9 cm³/mol. The molecular weight excluding hydrogens is 184 g/mol. The second-order valence-electron chi connectivity index (χ2n) is 3.13. The number of nitrogens with one attached hydrogen (secondary N) is 1. The molecule has 13 heavy (non-hydrogen) atoms. The summed E-state index contributed by atoms with van der Waals surface area (Å²) < 4.78 is 0. The lowest BCUT2D eigenvalue weighted by molar-refractivity contribution is 0.752. The molecule has 0 bridgehead atoms. The van der Waals surface area contributed by atoms with Crippen LogP contribution >= 0.6 is 11.6 Å². The SMILES string of the molecule is N#CC1CCNc2ccc(Cl)cc21. The molecule has 0 saturated carbocycles. The van der Waals surface area contributed by atoms with Gasteiger partial charge >= 0.3 is 0 Å². The lowest BCUT2D eigenvalue weighted by atomic mass is 9.92. The summed E-state index contributed by atoms with van der Waals surface area (Å²) in [5.41, 5.74) is 2.07. The molecule has 1 N–H and O–H groups in total. The highest BCUT2D eigenvalue weighted by Gasteiger charge is 2.19. The summed E-state index contributed by atoms with van der Waals surface area (Å²) >= 11 is 5.86. The number of fused-ring (bicyclic) bond motifs is 1. The third-order valence-corrected chi connectivity index (χ3v) is 2.53. The van der Waals surface area contributed by atoms with Gasteiger partial charge in [0.1, 0.15) is 0 Å². The van der Waals surface area contributed by atoms with Crippen LogP contribution in [0.3, 0.4) is 0 Å². The lowest BCUT2D eigenvalue weighted by Gasteiger charge is -2.21. The van der Waals surface area contributed by atoms with E-state index in [9.17, 15) is 0 Å². The summed E-state index contributed by atoms with van der Waals surface area (Å²) in [5, 5.41) is 12.8. The predicted octanol–water partition coefficient (Wildman–Crippen LogP) is 2.76. The second-order valence-corrected chi connectivity index (χ2v) is 3.57. The molecule has 1 heterocycles. The van der Waals surface area contributed by atoms with Gasteiger partial charge in [-0.15, -0.1) is 0 Å². The van der Waals surface area contributed by atoms with E-state index in [0.717, 1.165) is 24.2 Å². The first-order valence-electron chi connectivity index (χ1n) is 4.24. The van der Waals surface area contributed by atoms with E-state index in [1.54, 1.807) is 0 Å². The van der Waals surface area contributed by atoms with Gasteiger partial charge in [0.25, 0.3) is 0 Å². The first-order chi connectivity index (χ1) is 6.31. The van der Waals surface area contributed by atoms with Crippen LogP contribution in [0.1, 0.15) is 17.9 Å². The van der Waals surface area contributed by atoms with Crippen molar-refractivity contribution < 1.29 is 0 Å². The Morgan fingerprint density at radius 1 is 1.54 bits per heavy atom. The second kappa shape index (κ2) is 3.27. The zero-order chi connectivity index (χ0) is 9.26. The van der Waals surface area contributed by atoms with Crippen LogP contribution in [0.25, 0.3) is 0 Å². The molecule has 0 aromatic heterocycles. The third-order valence-electron chi connectivity index (χ3n) is 2.29. The van der Waals surface area contributed by atoms with E-state index >= 15 is 0 Å². The monoisotopic (exact) mass is 192 g/mol. The number of rotatable bonds is 0. The average Bonchev–Trinajstić information content (AvgIpc) is 2.17. The van der Waals surface area contributed by atoms with Crippen LogP contribution in [0.2, 0.25) is 5.02 Å². The highest BCUT2D eigenvalue weighted by molar-refractivity contribution is 6.30. The van der Waals surface area contributed by atoms with E-state index in [-0.39, 0.29) is 5.92 Å². The number of anilines is 1. The van der Waals surface area contributed by atoms with Crippen molar-refractivity contribution in [3.63, 3.8) is 0 Å². The van der Waals surface area contributed by atoms with Crippen molar-refractivity contribution in [3.8, 4) is 6.07 Å². The maximum atomic E-state index is 8.91. The Labute approximate surface area is 82.1 Å². The molecule has 0 radical (unpaired) electrons. The van der Waals surface area contributed by atoms with E-state index in [1.807, 2.05) is 18.2 Å². The van der Waals surface area contributed by atoms with E-state index < -0.39 is 0 Å². The molecule has 0 saturated heterocycles. The van der Waals surface area contributed by atoms with E-state index in [1.165, 1.54) is 0 Å². The number of nitriles is 1. The lowest BCUT2D eigenvalue weighted by Crippen LogP contribution is -2.15. The number of nitrogens with zero attached hydrogens (tertiary/aromatic N) is 1. The van der Waals surface area contributed by atoms with Crippen molar-refractivity contribution in [2.24, 2.45) is 0 Å². The Bertz CT molecular complexity index is 368. The molecular formula is C10H9ClN2. The first kappa shape index (κ1) is 8.40. The zero-order valence-corrected chi connectivity index (χ0v) is 7.80. The number of halogens is 1. The molecule has 0 amide bonds. The largest absolute Gasteiger partial charge is 0.385 e. The van der Waals surface area contributed by atoms with Crippen LogP contribution in [0.15, 0.2) is 18.2 Å². The van der Waals surface area contributed by atoms with E-state index in [0.29, 0.717) is 5.02 Å². The van der Waals surface area contributed by atoms with Gasteiger partial charge in [0.05, 0.1) is 12.0 Å². The molecule has 1 aromatic rings. The Kier molecular flexibility index (Phi) is 2.12. The van der Waals surface area contributed by atoms with Gasteiger partial charge in [-0.05, 0) is 30.2 Å². The van der Waals surface area contributed by atoms with Gasteiger partial charge in [-0.25, -0.2) is 0 Å². The molecule has 0 aliphatic carbocycles. The summed E-state index contributed by atoms with van der Waals surface area (Å²) in [6.07, 6.45) is 0.865. The topological polar surface area (TPSA) is 35.8 Å². The fourth-order valence-electron chi connectivity index (χ4n) is 1.62. The summed E-state index contributed by atoms with van der Waals surface area (Å²) in [5.74, 6) is -0.00468. The zero-order valence-electron chi connectivity index (χ0n) is 7.05. The highest BCUT2D eigenvalue weighted by atomic mass is 35.5. The quantitative estimate of drug-likeness (QED) is 0.686. The number of hydrogen-bond acceptors (Lipinski definition) is 2. The van der Waals surface area contributed by atoms with Gasteiger partial charge in [-0.3, -0.25) is 0 Å². The fourth-order valence-corrected chi connectivity index (χ4v) is 1.80. The van der Waals surface area contributed by atoms with Gasteiger partial charge in [0.2, 0.25) is 0 Å². The maximum absolute atomic E-state index is 8.91. The minimum atomic E-state index is -0.00468. The Morgan fingerprint density at radius 3 is 3.15 bits per heavy atom. The molecule has 3 heteroatoms. The van der Waals surface area contributed by atoms with Crippen LogP contribution in [0, 0.1) is 11.3 Å². The van der Waals surface area contributed by atoms with Crippen LogP contribution in [0.4, 0.5) is 5.69 Å². The molecule has 66 valence electrons. The Hall–Kier alpha value is -1.20. The van der Waals surface area contributed by atoms with Gasteiger partial charge in [-0.1, -0.05) is 11.6 Å². The van der Waals surface area contributed by atoms with Crippen LogP contribution in [0.5, 0.6) is 0 Å². The van der Waals surface area contributed by atoms with Gasteiger partial charge in [0, 0.05) is 17.3 Å². The first-order valence-corrected chi connectivity index (χ1v) is 4.62. The van der Waals surface area contributed by atoms with Crippen molar-refractivity contribution >= 4 is 17.3 Å². The smallest absolute Gasteiger partial charge is 0.0750 e. The van der Waals surface area contributed by atoms with Gasteiger partial charge in [0.15, 0.2) is 0 Å². The standard InChI is InChI=1S/C10H9ClN2/c11-8-1-2-10-9(5-8)7(6-12)3-4-13-10/h1-2,5,7,13H,3-4H2. The van der Waals surface area contributed by atoms with E-state index in [2.05, 4.69) is 11.4 Å². The maximum Gasteiger partial charge on any atom is 0.0750 e. The fraction of sp³-hybridized carbons (Fsp3) is 0.300. The Morgan fingerprint density at radius 2 is 2.38 bits per heavy atom. The van der Waals surface area contributed by atoms with Gasteiger partial charge < -0.3 is 5.32 Å². The van der Waals surface area contributed by atoms with Crippen molar-refractivity contribution in [1.82, 2.24) is 0 Å². The van der Waals surface area contributed by atoms with Crippen molar-refractivity contribution in [2.45, 2.75) is 12.3 Å².